The number of likely N-dealkylation sites (tertiary alicyclic amines) is 1. The molecule has 2 aromatic rings. The normalized spacial score (nSPS) is 15.5. The van der Waals surface area contributed by atoms with Crippen molar-refractivity contribution in [1.29, 1.82) is 0 Å². The quantitative estimate of drug-likeness (QED) is 0.931. The third-order valence-electron chi connectivity index (χ3n) is 4.09. The van der Waals surface area contributed by atoms with Crippen molar-refractivity contribution in [3.63, 3.8) is 0 Å². The molecule has 0 saturated carbocycles. The SMILES string of the molecule is CC1CCN(C(=O)c2ccc(Nc3ccccc3Cl)nn2)CC1. The highest BCUT2D eigenvalue weighted by Crippen LogP contribution is 2.23. The molecule has 1 aliphatic rings. The Balaban J connectivity index is 1.67. The first-order chi connectivity index (χ1) is 11.1. The van der Waals surface area contributed by atoms with E-state index in [0.29, 0.717) is 22.5 Å². The number of benzene rings is 1. The van der Waals surface area contributed by atoms with Gasteiger partial charge in [0.05, 0.1) is 10.7 Å². The number of hydrogen-bond acceptors (Lipinski definition) is 4. The summed E-state index contributed by atoms with van der Waals surface area (Å²) in [5.41, 5.74) is 1.14. The minimum Gasteiger partial charge on any atom is -0.338 e. The number of para-hydroxylation sites is 1. The highest BCUT2D eigenvalue weighted by molar-refractivity contribution is 6.33. The topological polar surface area (TPSA) is 58.1 Å². The first-order valence-electron chi connectivity index (χ1n) is 7.78. The lowest BCUT2D eigenvalue weighted by molar-refractivity contribution is 0.0690. The molecule has 120 valence electrons. The zero-order chi connectivity index (χ0) is 16.2. The number of rotatable bonds is 3. The van der Waals surface area contributed by atoms with Crippen LogP contribution in [0.3, 0.4) is 0 Å². The zero-order valence-electron chi connectivity index (χ0n) is 13.0. The van der Waals surface area contributed by atoms with E-state index >= 15 is 0 Å². The van der Waals surface area contributed by atoms with E-state index in [1.807, 2.05) is 23.1 Å². The molecular formula is C17H19ClN4O. The Kier molecular flexibility index (Phi) is 4.76. The standard InChI is InChI=1S/C17H19ClN4O/c1-12-8-10-22(11-9-12)17(23)15-6-7-16(21-20-15)19-14-5-3-2-4-13(14)18/h2-7,12H,8-11H2,1H3,(H,19,21). The Bertz CT molecular complexity index is 681. The number of amides is 1. The van der Waals surface area contributed by atoms with Gasteiger partial charge in [-0.3, -0.25) is 4.79 Å². The first-order valence-corrected chi connectivity index (χ1v) is 8.16. The van der Waals surface area contributed by atoms with E-state index in [2.05, 4.69) is 22.4 Å². The number of nitrogens with one attached hydrogen (secondary N) is 1. The van der Waals surface area contributed by atoms with Gasteiger partial charge in [0.15, 0.2) is 11.5 Å². The molecule has 0 bridgehead atoms. The Hall–Kier alpha value is -2.14. The van der Waals surface area contributed by atoms with Gasteiger partial charge in [0, 0.05) is 13.1 Å². The second-order valence-corrected chi connectivity index (χ2v) is 6.29. The van der Waals surface area contributed by atoms with Crippen LogP contribution in [0.4, 0.5) is 11.5 Å². The van der Waals surface area contributed by atoms with Crippen molar-refractivity contribution < 1.29 is 4.79 Å². The molecule has 0 aliphatic carbocycles. The second-order valence-electron chi connectivity index (χ2n) is 5.88. The summed E-state index contributed by atoms with van der Waals surface area (Å²) in [6.45, 7) is 3.80. The van der Waals surface area contributed by atoms with Crippen molar-refractivity contribution in [2.24, 2.45) is 5.92 Å². The van der Waals surface area contributed by atoms with Gasteiger partial charge in [-0.05, 0) is 43.0 Å². The number of carbonyl (C=O) groups is 1. The van der Waals surface area contributed by atoms with Crippen LogP contribution in [0.15, 0.2) is 36.4 Å². The van der Waals surface area contributed by atoms with Crippen LogP contribution in [0.2, 0.25) is 5.02 Å². The molecule has 5 nitrogen and oxygen atoms in total. The number of carbonyl (C=O) groups excluding carboxylic acids is 1. The fourth-order valence-corrected chi connectivity index (χ4v) is 2.77. The highest BCUT2D eigenvalue weighted by Gasteiger charge is 2.22. The van der Waals surface area contributed by atoms with Gasteiger partial charge in [-0.2, -0.15) is 0 Å². The molecule has 3 rings (SSSR count). The van der Waals surface area contributed by atoms with E-state index in [1.54, 1.807) is 18.2 Å². The Morgan fingerprint density at radius 3 is 2.57 bits per heavy atom. The predicted molar refractivity (Wildman–Crippen MR) is 91.1 cm³/mol. The van der Waals surface area contributed by atoms with Crippen LogP contribution in [0, 0.1) is 5.92 Å². The number of halogens is 1. The van der Waals surface area contributed by atoms with Crippen LogP contribution < -0.4 is 5.32 Å². The van der Waals surface area contributed by atoms with Gasteiger partial charge in [0.1, 0.15) is 0 Å². The summed E-state index contributed by atoms with van der Waals surface area (Å²) in [4.78, 5) is 14.3. The molecule has 0 atom stereocenters. The van der Waals surface area contributed by atoms with Crippen LogP contribution in [0.1, 0.15) is 30.3 Å². The molecule has 1 N–H and O–H groups in total. The maximum absolute atomic E-state index is 12.4. The number of piperidine rings is 1. The lowest BCUT2D eigenvalue weighted by Crippen LogP contribution is -2.38. The number of aromatic nitrogens is 2. The summed E-state index contributed by atoms with van der Waals surface area (Å²) < 4.78 is 0. The smallest absolute Gasteiger partial charge is 0.274 e. The summed E-state index contributed by atoms with van der Waals surface area (Å²) in [5, 5.41) is 11.8. The third kappa shape index (κ3) is 3.79. The highest BCUT2D eigenvalue weighted by atomic mass is 35.5. The van der Waals surface area contributed by atoms with Crippen molar-refractivity contribution in [2.75, 3.05) is 18.4 Å². The van der Waals surface area contributed by atoms with E-state index < -0.39 is 0 Å². The summed E-state index contributed by atoms with van der Waals surface area (Å²) >= 11 is 6.10. The van der Waals surface area contributed by atoms with Gasteiger partial charge in [0.2, 0.25) is 0 Å². The van der Waals surface area contributed by atoms with Crippen LogP contribution in [-0.4, -0.2) is 34.1 Å². The molecule has 0 unspecified atom stereocenters. The number of hydrogen-bond donors (Lipinski definition) is 1. The summed E-state index contributed by atoms with van der Waals surface area (Å²) in [5.74, 6) is 1.20. The number of nitrogens with zero attached hydrogens (tertiary/aromatic N) is 3. The number of anilines is 2. The molecule has 23 heavy (non-hydrogen) atoms. The molecule has 1 amide bonds. The van der Waals surface area contributed by atoms with Crippen molar-refractivity contribution in [1.82, 2.24) is 15.1 Å². The molecule has 1 aromatic carbocycles. The molecule has 2 heterocycles. The minimum absolute atomic E-state index is 0.0475. The second kappa shape index (κ2) is 6.96. The van der Waals surface area contributed by atoms with Crippen LogP contribution in [0.25, 0.3) is 0 Å². The van der Waals surface area contributed by atoms with Gasteiger partial charge >= 0.3 is 0 Å². The van der Waals surface area contributed by atoms with Gasteiger partial charge in [-0.15, -0.1) is 10.2 Å². The van der Waals surface area contributed by atoms with E-state index in [0.717, 1.165) is 31.6 Å². The average molecular weight is 331 g/mol. The van der Waals surface area contributed by atoms with Crippen molar-refractivity contribution >= 4 is 29.0 Å². The van der Waals surface area contributed by atoms with Gasteiger partial charge in [0.25, 0.3) is 5.91 Å². The third-order valence-corrected chi connectivity index (χ3v) is 4.42. The van der Waals surface area contributed by atoms with E-state index in [-0.39, 0.29) is 5.91 Å². The van der Waals surface area contributed by atoms with Crippen molar-refractivity contribution in [2.45, 2.75) is 19.8 Å². The van der Waals surface area contributed by atoms with Crippen LogP contribution in [-0.2, 0) is 0 Å². The maximum atomic E-state index is 12.4. The fourth-order valence-electron chi connectivity index (χ4n) is 2.59. The van der Waals surface area contributed by atoms with Crippen LogP contribution >= 0.6 is 11.6 Å². The summed E-state index contributed by atoms with van der Waals surface area (Å²) in [6, 6.07) is 10.9. The molecule has 1 fully saturated rings. The fraction of sp³-hybridized carbons (Fsp3) is 0.353. The first kappa shape index (κ1) is 15.7. The lowest BCUT2D eigenvalue weighted by Gasteiger charge is -2.29. The Labute approximate surface area is 140 Å². The molecule has 1 aliphatic heterocycles. The molecule has 1 aromatic heterocycles. The van der Waals surface area contributed by atoms with E-state index in [9.17, 15) is 4.79 Å². The van der Waals surface area contributed by atoms with Gasteiger partial charge in [-0.25, -0.2) is 0 Å². The molecule has 6 heteroatoms. The van der Waals surface area contributed by atoms with Gasteiger partial charge < -0.3 is 10.2 Å². The van der Waals surface area contributed by atoms with E-state index in [4.69, 9.17) is 11.6 Å². The summed E-state index contributed by atoms with van der Waals surface area (Å²) in [7, 11) is 0. The van der Waals surface area contributed by atoms with Gasteiger partial charge in [-0.1, -0.05) is 30.7 Å². The molecule has 1 saturated heterocycles. The van der Waals surface area contributed by atoms with E-state index in [1.165, 1.54) is 0 Å². The van der Waals surface area contributed by atoms with Crippen molar-refractivity contribution in [3.8, 4) is 0 Å². The monoisotopic (exact) mass is 330 g/mol. The lowest BCUT2D eigenvalue weighted by atomic mass is 9.99. The Morgan fingerprint density at radius 2 is 1.91 bits per heavy atom. The zero-order valence-corrected chi connectivity index (χ0v) is 13.8. The van der Waals surface area contributed by atoms with Crippen molar-refractivity contribution in [3.05, 3.63) is 47.1 Å². The molecular weight excluding hydrogens is 312 g/mol. The average Bonchev–Trinajstić information content (AvgIpc) is 2.58. The summed E-state index contributed by atoms with van der Waals surface area (Å²) in [6.07, 6.45) is 2.09. The minimum atomic E-state index is -0.0475. The molecule has 0 radical (unpaired) electrons. The van der Waals surface area contributed by atoms with Crippen LogP contribution in [0.5, 0.6) is 0 Å². The Morgan fingerprint density at radius 1 is 1.17 bits per heavy atom. The largest absolute Gasteiger partial charge is 0.338 e. The molecule has 0 spiro atoms. The predicted octanol–water partition coefficient (Wildman–Crippen LogP) is 3.75. The maximum Gasteiger partial charge on any atom is 0.274 e.